The molecule has 0 aliphatic carbocycles. The first-order valence-corrected chi connectivity index (χ1v) is 10.5. The molecule has 1 aromatic heterocycles. The highest BCUT2D eigenvalue weighted by Crippen LogP contribution is 2.32. The third-order valence-corrected chi connectivity index (χ3v) is 7.15. The van der Waals surface area contributed by atoms with Gasteiger partial charge in [0.05, 0.1) is 23.7 Å². The molecule has 3 heterocycles. The second-order valence-corrected chi connectivity index (χ2v) is 8.74. The van der Waals surface area contributed by atoms with Crippen LogP contribution in [0.3, 0.4) is 0 Å². The normalized spacial score (nSPS) is 18.3. The summed E-state index contributed by atoms with van der Waals surface area (Å²) in [5, 5.41) is 3.71. The minimum Gasteiger partial charge on any atom is -0.379 e. The number of carbonyl (C=O) groups excluding carboxylic acids is 1. The number of morpholine rings is 1. The highest BCUT2D eigenvalue weighted by atomic mass is 32.2. The quantitative estimate of drug-likeness (QED) is 0.819. The largest absolute Gasteiger partial charge is 0.379 e. The third-order valence-electron chi connectivity index (χ3n) is 4.57. The Balaban J connectivity index is 1.62. The number of sulfonamides is 1. The molecule has 2 aliphatic rings. The molecule has 8 heteroatoms. The number of fused-ring (bicyclic) bond motifs is 1. The van der Waals surface area contributed by atoms with Crippen LogP contribution in [-0.2, 0) is 21.2 Å². The van der Waals surface area contributed by atoms with Gasteiger partial charge in [0.25, 0.3) is 5.91 Å². The molecule has 25 heavy (non-hydrogen) atoms. The van der Waals surface area contributed by atoms with Gasteiger partial charge in [-0.05, 0) is 41.6 Å². The lowest BCUT2D eigenvalue weighted by Gasteiger charge is -2.26. The maximum absolute atomic E-state index is 12.8. The van der Waals surface area contributed by atoms with E-state index in [1.165, 1.54) is 15.6 Å². The summed E-state index contributed by atoms with van der Waals surface area (Å²) in [7, 11) is -3.51. The van der Waals surface area contributed by atoms with E-state index in [0.29, 0.717) is 44.8 Å². The van der Waals surface area contributed by atoms with Gasteiger partial charge in [0, 0.05) is 30.7 Å². The summed E-state index contributed by atoms with van der Waals surface area (Å²) in [4.78, 5) is 14.6. The van der Waals surface area contributed by atoms with Crippen LogP contribution in [0.4, 0.5) is 5.69 Å². The standard InChI is InChI=1S/C17H18N2O4S2/c20-17(14-4-10-24-12-14)19-5-3-13-11-15(1-2-16(13)19)25(21,22)18-6-8-23-9-7-18/h1-2,4,10-12H,3,5-9H2. The zero-order valence-corrected chi connectivity index (χ0v) is 15.2. The number of hydrogen-bond acceptors (Lipinski definition) is 5. The van der Waals surface area contributed by atoms with Gasteiger partial charge >= 0.3 is 0 Å². The molecule has 0 N–H and O–H groups in total. The predicted molar refractivity (Wildman–Crippen MR) is 95.7 cm³/mol. The number of carbonyl (C=O) groups is 1. The smallest absolute Gasteiger partial charge is 0.259 e. The highest BCUT2D eigenvalue weighted by Gasteiger charge is 2.30. The summed E-state index contributed by atoms with van der Waals surface area (Å²) in [6, 6.07) is 6.87. The SMILES string of the molecule is O=C(c1ccsc1)N1CCc2cc(S(=O)(=O)N3CCOCC3)ccc21. The average molecular weight is 378 g/mol. The van der Waals surface area contributed by atoms with Crippen molar-refractivity contribution in [3.63, 3.8) is 0 Å². The van der Waals surface area contributed by atoms with Gasteiger partial charge in [-0.3, -0.25) is 4.79 Å². The van der Waals surface area contributed by atoms with Crippen molar-refractivity contribution in [1.82, 2.24) is 4.31 Å². The molecule has 2 aliphatic heterocycles. The molecule has 0 bridgehead atoms. The van der Waals surface area contributed by atoms with E-state index in [1.54, 1.807) is 23.1 Å². The lowest BCUT2D eigenvalue weighted by molar-refractivity contribution is 0.0730. The Labute approximate surface area is 150 Å². The van der Waals surface area contributed by atoms with Gasteiger partial charge in [-0.25, -0.2) is 8.42 Å². The number of benzene rings is 1. The van der Waals surface area contributed by atoms with Crippen LogP contribution in [0.1, 0.15) is 15.9 Å². The minimum absolute atomic E-state index is 0.0382. The van der Waals surface area contributed by atoms with Crippen molar-refractivity contribution in [2.75, 3.05) is 37.7 Å². The minimum atomic E-state index is -3.51. The molecule has 2 aromatic rings. The van der Waals surface area contributed by atoms with Crippen LogP contribution in [0.5, 0.6) is 0 Å². The van der Waals surface area contributed by atoms with Crippen LogP contribution in [0.2, 0.25) is 0 Å². The Morgan fingerprint density at radius 2 is 1.92 bits per heavy atom. The fraction of sp³-hybridized carbons (Fsp3) is 0.353. The van der Waals surface area contributed by atoms with Crippen molar-refractivity contribution < 1.29 is 17.9 Å². The van der Waals surface area contributed by atoms with Crippen molar-refractivity contribution in [2.24, 2.45) is 0 Å². The zero-order valence-electron chi connectivity index (χ0n) is 13.6. The van der Waals surface area contributed by atoms with Crippen LogP contribution in [-0.4, -0.2) is 51.5 Å². The van der Waals surface area contributed by atoms with Crippen molar-refractivity contribution in [1.29, 1.82) is 0 Å². The van der Waals surface area contributed by atoms with Crippen LogP contribution < -0.4 is 4.90 Å². The van der Waals surface area contributed by atoms with Gasteiger partial charge in [-0.15, -0.1) is 0 Å². The first kappa shape index (κ1) is 16.7. The molecule has 0 atom stereocenters. The first-order chi connectivity index (χ1) is 12.1. The van der Waals surface area contributed by atoms with E-state index in [0.717, 1.165) is 11.3 Å². The fourth-order valence-electron chi connectivity index (χ4n) is 3.23. The molecule has 132 valence electrons. The van der Waals surface area contributed by atoms with E-state index in [1.807, 2.05) is 16.8 Å². The van der Waals surface area contributed by atoms with Gasteiger partial charge < -0.3 is 9.64 Å². The highest BCUT2D eigenvalue weighted by molar-refractivity contribution is 7.89. The number of thiophene rings is 1. The van der Waals surface area contributed by atoms with Crippen molar-refractivity contribution in [2.45, 2.75) is 11.3 Å². The molecule has 1 amide bonds. The van der Waals surface area contributed by atoms with Crippen LogP contribution in [0, 0.1) is 0 Å². The number of nitrogens with zero attached hydrogens (tertiary/aromatic N) is 2. The molecule has 0 saturated carbocycles. The molecule has 0 radical (unpaired) electrons. The van der Waals surface area contributed by atoms with Gasteiger partial charge in [0.1, 0.15) is 0 Å². The van der Waals surface area contributed by atoms with Gasteiger partial charge in [0.15, 0.2) is 0 Å². The van der Waals surface area contributed by atoms with Crippen molar-refractivity contribution in [3.05, 3.63) is 46.2 Å². The maximum atomic E-state index is 12.8. The van der Waals surface area contributed by atoms with Gasteiger partial charge in [-0.2, -0.15) is 15.6 Å². The van der Waals surface area contributed by atoms with E-state index in [-0.39, 0.29) is 10.8 Å². The maximum Gasteiger partial charge on any atom is 0.259 e. The van der Waals surface area contributed by atoms with Crippen LogP contribution >= 0.6 is 11.3 Å². The fourth-order valence-corrected chi connectivity index (χ4v) is 5.32. The Bertz CT molecular complexity index is 887. The van der Waals surface area contributed by atoms with E-state index >= 15 is 0 Å². The summed E-state index contributed by atoms with van der Waals surface area (Å²) in [5.74, 6) is -0.0382. The first-order valence-electron chi connectivity index (χ1n) is 8.12. The Kier molecular flexibility index (Phi) is 4.36. The second-order valence-electron chi connectivity index (χ2n) is 6.03. The Morgan fingerprint density at radius 1 is 1.12 bits per heavy atom. The van der Waals surface area contributed by atoms with Gasteiger partial charge in [-0.1, -0.05) is 0 Å². The lowest BCUT2D eigenvalue weighted by Crippen LogP contribution is -2.40. The summed E-state index contributed by atoms with van der Waals surface area (Å²) >= 11 is 1.49. The van der Waals surface area contributed by atoms with Crippen molar-refractivity contribution in [3.8, 4) is 0 Å². The monoisotopic (exact) mass is 378 g/mol. The van der Waals surface area contributed by atoms with Crippen molar-refractivity contribution >= 4 is 33.0 Å². The van der Waals surface area contributed by atoms with Crippen LogP contribution in [0.25, 0.3) is 0 Å². The van der Waals surface area contributed by atoms with E-state index in [2.05, 4.69) is 0 Å². The van der Waals surface area contributed by atoms with E-state index in [4.69, 9.17) is 4.74 Å². The molecule has 4 rings (SSSR count). The van der Waals surface area contributed by atoms with E-state index in [9.17, 15) is 13.2 Å². The number of hydrogen-bond donors (Lipinski definition) is 0. The molecule has 6 nitrogen and oxygen atoms in total. The molecule has 0 unspecified atom stereocenters. The molecular formula is C17H18N2O4S2. The third kappa shape index (κ3) is 2.99. The molecule has 1 aromatic carbocycles. The average Bonchev–Trinajstić information content (AvgIpc) is 3.31. The second kappa shape index (κ2) is 6.53. The molecule has 1 fully saturated rings. The summed E-state index contributed by atoms with van der Waals surface area (Å²) in [6.07, 6.45) is 0.664. The van der Waals surface area contributed by atoms with E-state index < -0.39 is 10.0 Å². The number of amides is 1. The molecule has 1 saturated heterocycles. The topological polar surface area (TPSA) is 66.9 Å². The molecule has 0 spiro atoms. The number of ether oxygens (including phenoxy) is 1. The summed E-state index contributed by atoms with van der Waals surface area (Å²) < 4.78 is 32.3. The summed E-state index contributed by atoms with van der Waals surface area (Å²) in [5.41, 5.74) is 2.37. The predicted octanol–water partition coefficient (Wildman–Crippen LogP) is 1.97. The van der Waals surface area contributed by atoms with Gasteiger partial charge in [0.2, 0.25) is 10.0 Å². The molecular weight excluding hydrogens is 360 g/mol. The Morgan fingerprint density at radius 3 is 2.64 bits per heavy atom. The summed E-state index contributed by atoms with van der Waals surface area (Å²) in [6.45, 7) is 2.18. The number of rotatable bonds is 3. The lowest BCUT2D eigenvalue weighted by atomic mass is 10.2. The van der Waals surface area contributed by atoms with Crippen LogP contribution in [0.15, 0.2) is 39.9 Å². The Hall–Kier alpha value is -1.74. The number of anilines is 1. The zero-order chi connectivity index (χ0) is 17.4.